The summed E-state index contributed by atoms with van der Waals surface area (Å²) in [6.45, 7) is 8.60. The van der Waals surface area contributed by atoms with E-state index in [4.69, 9.17) is 14.7 Å². The number of aromatic nitrogens is 4. The second kappa shape index (κ2) is 15.4. The molecule has 2 aliphatic heterocycles. The van der Waals surface area contributed by atoms with Gasteiger partial charge in [0.15, 0.2) is 0 Å². The Morgan fingerprint density at radius 3 is 1.95 bits per heavy atom. The number of amides is 4. The van der Waals surface area contributed by atoms with Gasteiger partial charge in [-0.25, -0.2) is 19.6 Å². The Hall–Kier alpha value is -5.92. The number of fused-ring (bicyclic) bond motifs is 2. The van der Waals surface area contributed by atoms with Crippen molar-refractivity contribution in [2.75, 3.05) is 20.2 Å². The zero-order chi connectivity index (χ0) is 39.0. The fraction of sp³-hybridized carbons (Fsp3) is 0.415. The van der Waals surface area contributed by atoms with Crippen molar-refractivity contribution in [3.05, 3.63) is 72.4 Å². The third kappa shape index (κ3) is 7.58. The molecule has 2 unspecified atom stereocenters. The number of nitrogens with zero attached hydrogens (tertiary/aromatic N) is 4. The van der Waals surface area contributed by atoms with Crippen LogP contribution in [0.2, 0.25) is 0 Å². The van der Waals surface area contributed by atoms with Crippen LogP contribution >= 0.6 is 0 Å². The maximum absolute atomic E-state index is 13.6. The molecule has 0 spiro atoms. The predicted octanol–water partition coefficient (Wildman–Crippen LogP) is 6.77. The number of ether oxygens (including phenoxy) is 1. The standard InChI is InChI=1S/C41H48N8O6/c1-22(2)34(46-40(52)53)38(50)48-16-6-8-32(48)36-42-21-31(45-36)28-13-12-24-18-25(10-11-26(24)19-28)27-14-15-29-30(20-27)44-37(43-29)33-9-7-17-49(33)39(51)35(23(3)4)47-41(54)55-5/h10-15,18-23,32-35,46H,6-9,16-17H2,1-5H3,(H,42,45)(H,43,44)(H,47,54)(H,52,53)/t32-,33?,34-,35?/m0/s1. The van der Waals surface area contributed by atoms with E-state index in [1.165, 1.54) is 7.11 Å². The molecular weight excluding hydrogens is 701 g/mol. The number of carbonyl (C=O) groups excluding carboxylic acids is 3. The third-order valence-electron chi connectivity index (χ3n) is 10.9. The molecule has 288 valence electrons. The lowest BCUT2D eigenvalue weighted by atomic mass is 9.99. The van der Waals surface area contributed by atoms with Gasteiger partial charge in [-0.3, -0.25) is 9.59 Å². The Labute approximate surface area is 319 Å². The number of alkyl carbamates (subject to hydrolysis) is 1. The average Bonchev–Trinajstić information content (AvgIpc) is 4.00. The molecule has 2 aliphatic rings. The Bertz CT molecular complexity index is 2240. The maximum atomic E-state index is 13.6. The fourth-order valence-corrected chi connectivity index (χ4v) is 7.94. The minimum Gasteiger partial charge on any atom is -0.465 e. The Balaban J connectivity index is 1.08. The Morgan fingerprint density at radius 1 is 0.764 bits per heavy atom. The van der Waals surface area contributed by atoms with Gasteiger partial charge >= 0.3 is 12.2 Å². The minimum absolute atomic E-state index is 0.112. The first-order chi connectivity index (χ1) is 26.4. The van der Waals surface area contributed by atoms with E-state index in [0.29, 0.717) is 18.9 Å². The van der Waals surface area contributed by atoms with Gasteiger partial charge in [-0.1, -0.05) is 58.0 Å². The zero-order valence-electron chi connectivity index (χ0n) is 31.8. The van der Waals surface area contributed by atoms with Crippen molar-refractivity contribution in [2.24, 2.45) is 11.8 Å². The summed E-state index contributed by atoms with van der Waals surface area (Å²) in [5, 5.41) is 16.5. The molecule has 7 rings (SSSR count). The molecule has 4 atom stereocenters. The highest BCUT2D eigenvalue weighted by molar-refractivity contribution is 5.92. The van der Waals surface area contributed by atoms with Crippen molar-refractivity contribution < 1.29 is 29.0 Å². The van der Waals surface area contributed by atoms with Gasteiger partial charge < -0.3 is 40.2 Å². The highest BCUT2D eigenvalue weighted by Gasteiger charge is 2.39. The van der Waals surface area contributed by atoms with Gasteiger partial charge in [0.25, 0.3) is 0 Å². The van der Waals surface area contributed by atoms with E-state index in [1.807, 2.05) is 50.9 Å². The number of methoxy groups -OCH3 is 1. The normalized spacial score (nSPS) is 18.3. The first kappa shape index (κ1) is 37.4. The number of hydrogen-bond acceptors (Lipinski definition) is 7. The number of benzene rings is 3. The summed E-state index contributed by atoms with van der Waals surface area (Å²) in [5.74, 6) is 0.743. The van der Waals surface area contributed by atoms with Crippen molar-refractivity contribution in [2.45, 2.75) is 77.5 Å². The van der Waals surface area contributed by atoms with Gasteiger partial charge in [-0.2, -0.15) is 0 Å². The molecule has 0 bridgehead atoms. The van der Waals surface area contributed by atoms with Crippen molar-refractivity contribution in [1.82, 2.24) is 40.4 Å². The molecule has 5 aromatic rings. The summed E-state index contributed by atoms with van der Waals surface area (Å²) in [5.41, 5.74) is 5.47. The summed E-state index contributed by atoms with van der Waals surface area (Å²) in [6.07, 6.45) is 3.19. The Morgan fingerprint density at radius 2 is 1.33 bits per heavy atom. The fourth-order valence-electron chi connectivity index (χ4n) is 7.94. The smallest absolute Gasteiger partial charge is 0.407 e. The van der Waals surface area contributed by atoms with Crippen LogP contribution in [0.15, 0.2) is 60.8 Å². The van der Waals surface area contributed by atoms with Gasteiger partial charge in [0.05, 0.1) is 35.9 Å². The monoisotopic (exact) mass is 748 g/mol. The van der Waals surface area contributed by atoms with Crippen molar-refractivity contribution in [1.29, 1.82) is 0 Å². The number of imidazole rings is 2. The van der Waals surface area contributed by atoms with Crippen LogP contribution in [0, 0.1) is 11.8 Å². The number of rotatable bonds is 10. The lowest BCUT2D eigenvalue weighted by Crippen LogP contribution is -2.51. The van der Waals surface area contributed by atoms with Gasteiger partial charge in [0, 0.05) is 24.8 Å². The molecule has 55 heavy (non-hydrogen) atoms. The first-order valence-corrected chi connectivity index (χ1v) is 19.0. The van der Waals surface area contributed by atoms with E-state index in [0.717, 1.165) is 75.7 Å². The summed E-state index contributed by atoms with van der Waals surface area (Å²) >= 11 is 0. The van der Waals surface area contributed by atoms with Crippen molar-refractivity contribution >= 4 is 45.8 Å². The van der Waals surface area contributed by atoms with Crippen LogP contribution in [0.25, 0.3) is 44.2 Å². The third-order valence-corrected chi connectivity index (χ3v) is 10.9. The highest BCUT2D eigenvalue weighted by Crippen LogP contribution is 2.36. The number of carbonyl (C=O) groups is 4. The highest BCUT2D eigenvalue weighted by atomic mass is 16.5. The zero-order valence-corrected chi connectivity index (χ0v) is 31.8. The molecule has 5 N–H and O–H groups in total. The maximum Gasteiger partial charge on any atom is 0.407 e. The molecule has 14 heteroatoms. The van der Waals surface area contributed by atoms with Gasteiger partial charge in [-0.05, 0) is 83.7 Å². The second-order valence-corrected chi connectivity index (χ2v) is 15.2. The van der Waals surface area contributed by atoms with E-state index >= 15 is 0 Å². The van der Waals surface area contributed by atoms with Crippen LogP contribution in [-0.2, 0) is 14.3 Å². The molecule has 0 saturated carbocycles. The lowest BCUT2D eigenvalue weighted by Gasteiger charge is -2.29. The minimum atomic E-state index is -1.21. The number of H-pyrrole nitrogens is 2. The largest absolute Gasteiger partial charge is 0.465 e. The first-order valence-electron chi connectivity index (χ1n) is 19.0. The van der Waals surface area contributed by atoms with E-state index < -0.39 is 24.3 Å². The quantitative estimate of drug-likeness (QED) is 0.104. The molecule has 14 nitrogen and oxygen atoms in total. The van der Waals surface area contributed by atoms with Crippen LogP contribution in [0.4, 0.5) is 9.59 Å². The van der Waals surface area contributed by atoms with Gasteiger partial charge in [-0.15, -0.1) is 0 Å². The van der Waals surface area contributed by atoms with Crippen LogP contribution in [0.5, 0.6) is 0 Å². The van der Waals surface area contributed by atoms with Crippen LogP contribution < -0.4 is 10.6 Å². The molecular formula is C41H48N8O6. The lowest BCUT2D eigenvalue weighted by molar-refractivity contribution is -0.136. The number of aromatic amines is 2. The van der Waals surface area contributed by atoms with Crippen molar-refractivity contribution in [3.63, 3.8) is 0 Å². The van der Waals surface area contributed by atoms with E-state index in [2.05, 4.69) is 63.1 Å². The number of carboxylic acid groups (broad SMARTS) is 1. The molecule has 2 fully saturated rings. The summed E-state index contributed by atoms with van der Waals surface area (Å²) in [6, 6.07) is 16.7. The van der Waals surface area contributed by atoms with Crippen LogP contribution in [0.1, 0.15) is 77.1 Å². The van der Waals surface area contributed by atoms with E-state index in [9.17, 15) is 24.3 Å². The Kier molecular flexibility index (Phi) is 10.5. The number of hydrogen-bond donors (Lipinski definition) is 5. The van der Waals surface area contributed by atoms with Crippen LogP contribution in [0.3, 0.4) is 0 Å². The van der Waals surface area contributed by atoms with E-state index in [1.54, 1.807) is 4.90 Å². The summed E-state index contributed by atoms with van der Waals surface area (Å²) < 4.78 is 4.77. The van der Waals surface area contributed by atoms with Crippen LogP contribution in [-0.4, -0.2) is 91.1 Å². The molecule has 4 heterocycles. The predicted molar refractivity (Wildman–Crippen MR) is 208 cm³/mol. The molecule has 4 amide bonds. The molecule has 2 saturated heterocycles. The number of nitrogens with one attached hydrogen (secondary N) is 4. The molecule has 2 aromatic heterocycles. The summed E-state index contributed by atoms with van der Waals surface area (Å²) in [7, 11) is 1.29. The van der Waals surface area contributed by atoms with Crippen molar-refractivity contribution in [3.8, 4) is 22.4 Å². The molecule has 3 aromatic carbocycles. The van der Waals surface area contributed by atoms with E-state index in [-0.39, 0.29) is 35.7 Å². The second-order valence-electron chi connectivity index (χ2n) is 15.2. The number of likely N-dealkylation sites (tertiary alicyclic amines) is 2. The van der Waals surface area contributed by atoms with Gasteiger partial charge in [0.2, 0.25) is 11.8 Å². The SMILES string of the molecule is COC(=O)NC(C(=O)N1CCCC1c1nc2cc(-c3ccc4cc(-c5c[nH]c([C@@H]6CCCN6C(=O)[C@@H](NC(=O)O)C(C)C)n5)ccc4c3)ccc2[nH]1)C(C)C. The average molecular weight is 749 g/mol. The topological polar surface area (TPSA) is 186 Å². The molecule has 0 radical (unpaired) electrons. The van der Waals surface area contributed by atoms with Gasteiger partial charge in [0.1, 0.15) is 23.7 Å². The molecule has 0 aliphatic carbocycles. The summed E-state index contributed by atoms with van der Waals surface area (Å²) in [4.78, 5) is 70.5.